The Morgan fingerprint density at radius 1 is 0.655 bits per heavy atom. The van der Waals surface area contributed by atoms with Gasteiger partial charge >= 0.3 is 0 Å². The molecule has 0 amide bonds. The van der Waals surface area contributed by atoms with Gasteiger partial charge in [-0.05, 0) is 31.2 Å². The second kappa shape index (κ2) is 15.0. The molecule has 2 aromatic heterocycles. The lowest BCUT2D eigenvalue weighted by Gasteiger charge is -2.09. The Hall–Kier alpha value is -1.94. The number of rotatable bonds is 16. The summed E-state index contributed by atoms with van der Waals surface area (Å²) in [6, 6.07) is 12.3. The van der Waals surface area contributed by atoms with Crippen molar-refractivity contribution in [3.05, 3.63) is 59.2 Å². The predicted molar refractivity (Wildman–Crippen MR) is 118 cm³/mol. The van der Waals surface area contributed by atoms with Crippen molar-refractivity contribution < 1.29 is 0 Å². The fourth-order valence-electron chi connectivity index (χ4n) is 2.80. The van der Waals surface area contributed by atoms with Crippen LogP contribution in [0.4, 0.5) is 0 Å². The first kappa shape index (κ1) is 23.3. The van der Waals surface area contributed by atoms with Gasteiger partial charge in [-0.25, -0.2) is 0 Å². The highest BCUT2D eigenvalue weighted by Gasteiger charge is 1.98. The molecular weight excluding hydrogens is 364 g/mol. The maximum absolute atomic E-state index is 5.45. The zero-order chi connectivity index (χ0) is 20.6. The molecule has 0 aliphatic heterocycles. The van der Waals surface area contributed by atoms with E-state index in [2.05, 4.69) is 54.8 Å². The van der Waals surface area contributed by atoms with Crippen molar-refractivity contribution in [2.75, 3.05) is 45.9 Å². The Bertz CT molecular complexity index is 679. The molecule has 0 atom stereocenters. The highest BCUT2D eigenvalue weighted by atomic mass is 15.1. The molecule has 0 saturated heterocycles. The van der Waals surface area contributed by atoms with Crippen LogP contribution >= 0.6 is 0 Å². The van der Waals surface area contributed by atoms with Gasteiger partial charge in [-0.1, -0.05) is 12.1 Å². The molecule has 0 fully saturated rings. The van der Waals surface area contributed by atoms with E-state index in [4.69, 9.17) is 5.73 Å². The smallest absolute Gasteiger partial charge is 0.0546 e. The number of hydrogen-bond acceptors (Lipinski definition) is 8. The normalized spacial score (nSPS) is 11.1. The van der Waals surface area contributed by atoms with E-state index in [0.717, 1.165) is 81.8 Å². The summed E-state index contributed by atoms with van der Waals surface area (Å²) in [6.07, 6.45) is 0. The molecule has 0 unspecified atom stereocenters. The number of nitrogens with two attached hydrogens (primary N) is 1. The number of hydrogen-bond donors (Lipinski definition) is 6. The Morgan fingerprint density at radius 2 is 1.21 bits per heavy atom. The first-order chi connectivity index (χ1) is 14.3. The number of nitrogens with zero attached hydrogens (tertiary/aromatic N) is 2. The molecule has 2 heterocycles. The average Bonchev–Trinajstić information content (AvgIpc) is 2.73. The number of pyridine rings is 2. The van der Waals surface area contributed by atoms with Crippen LogP contribution < -0.4 is 32.3 Å². The molecule has 0 aromatic carbocycles. The number of aromatic nitrogens is 2. The second-order valence-corrected chi connectivity index (χ2v) is 6.89. The van der Waals surface area contributed by atoms with E-state index in [9.17, 15) is 0 Å². The summed E-state index contributed by atoms with van der Waals surface area (Å²) in [5.41, 5.74) is 9.70. The van der Waals surface area contributed by atoms with E-state index in [-0.39, 0.29) is 0 Å². The van der Waals surface area contributed by atoms with Crippen molar-refractivity contribution in [2.45, 2.75) is 26.6 Å². The number of nitrogens with one attached hydrogen (secondary N) is 5. The van der Waals surface area contributed by atoms with Gasteiger partial charge in [0.2, 0.25) is 0 Å². The van der Waals surface area contributed by atoms with Crippen LogP contribution in [-0.4, -0.2) is 55.9 Å². The Morgan fingerprint density at radius 3 is 1.83 bits per heavy atom. The number of aryl methyl sites for hydroxylation is 1. The molecule has 160 valence electrons. The molecule has 0 bridgehead atoms. The summed E-state index contributed by atoms with van der Waals surface area (Å²) in [4.78, 5) is 9.15. The van der Waals surface area contributed by atoms with Gasteiger partial charge in [-0.2, -0.15) is 0 Å². The molecule has 29 heavy (non-hydrogen) atoms. The fraction of sp³-hybridized carbons (Fsp3) is 0.524. The fourth-order valence-corrected chi connectivity index (χ4v) is 2.80. The van der Waals surface area contributed by atoms with Crippen LogP contribution in [0.3, 0.4) is 0 Å². The molecule has 2 rings (SSSR count). The van der Waals surface area contributed by atoms with Gasteiger partial charge in [0.15, 0.2) is 0 Å². The lowest BCUT2D eigenvalue weighted by Crippen LogP contribution is -2.33. The standard InChI is InChI=1S/C21H36N8/c1-18-4-2-5-19(28-18)14-24-12-10-23-11-13-25-15-20-6-3-7-21(29-20)16-27-17-26-9-8-22/h2-7,23-27H,8-17,22H2,1H3. The molecule has 0 saturated carbocycles. The summed E-state index contributed by atoms with van der Waals surface area (Å²) >= 11 is 0. The van der Waals surface area contributed by atoms with Crippen LogP contribution in [0, 0.1) is 6.92 Å². The average molecular weight is 401 g/mol. The van der Waals surface area contributed by atoms with Crippen LogP contribution in [0.5, 0.6) is 0 Å². The largest absolute Gasteiger partial charge is 0.329 e. The highest BCUT2D eigenvalue weighted by molar-refractivity contribution is 5.11. The van der Waals surface area contributed by atoms with Gasteiger partial charge < -0.3 is 27.0 Å². The second-order valence-electron chi connectivity index (χ2n) is 6.89. The molecular formula is C21H36N8. The third kappa shape index (κ3) is 11.0. The van der Waals surface area contributed by atoms with E-state index in [1.54, 1.807) is 0 Å². The van der Waals surface area contributed by atoms with Crippen molar-refractivity contribution in [3.63, 3.8) is 0 Å². The van der Waals surface area contributed by atoms with Crippen molar-refractivity contribution in [3.8, 4) is 0 Å². The van der Waals surface area contributed by atoms with Gasteiger partial charge in [0.1, 0.15) is 0 Å². The summed E-state index contributed by atoms with van der Waals surface area (Å²) < 4.78 is 0. The van der Waals surface area contributed by atoms with Crippen LogP contribution in [0.2, 0.25) is 0 Å². The summed E-state index contributed by atoms with van der Waals surface area (Å²) in [5, 5.41) is 16.8. The van der Waals surface area contributed by atoms with Crippen molar-refractivity contribution >= 4 is 0 Å². The van der Waals surface area contributed by atoms with Crippen molar-refractivity contribution in [1.29, 1.82) is 0 Å². The molecule has 0 aliphatic carbocycles. The molecule has 0 aliphatic rings. The van der Waals surface area contributed by atoms with E-state index in [1.807, 2.05) is 25.1 Å². The van der Waals surface area contributed by atoms with E-state index >= 15 is 0 Å². The third-order valence-electron chi connectivity index (χ3n) is 4.26. The van der Waals surface area contributed by atoms with Gasteiger partial charge in [-0.3, -0.25) is 15.3 Å². The van der Waals surface area contributed by atoms with Crippen LogP contribution in [0.25, 0.3) is 0 Å². The van der Waals surface area contributed by atoms with E-state index in [1.165, 1.54) is 0 Å². The summed E-state index contributed by atoms with van der Waals surface area (Å²) in [6.45, 7) is 10.3. The Balaban J connectivity index is 1.47. The maximum atomic E-state index is 5.45. The zero-order valence-electron chi connectivity index (χ0n) is 17.5. The van der Waals surface area contributed by atoms with Crippen LogP contribution in [0.1, 0.15) is 22.8 Å². The first-order valence-corrected chi connectivity index (χ1v) is 10.4. The molecule has 0 radical (unpaired) electrons. The van der Waals surface area contributed by atoms with Gasteiger partial charge in [0.05, 0.1) is 17.1 Å². The predicted octanol–water partition coefficient (Wildman–Crippen LogP) is -0.151. The minimum Gasteiger partial charge on any atom is -0.329 e. The minimum atomic E-state index is 0.650. The lowest BCUT2D eigenvalue weighted by molar-refractivity contribution is 0.570. The monoisotopic (exact) mass is 400 g/mol. The highest BCUT2D eigenvalue weighted by Crippen LogP contribution is 1.99. The molecule has 7 N–H and O–H groups in total. The van der Waals surface area contributed by atoms with Crippen molar-refractivity contribution in [1.82, 2.24) is 36.6 Å². The lowest BCUT2D eigenvalue weighted by atomic mass is 10.3. The molecule has 8 heteroatoms. The van der Waals surface area contributed by atoms with Gasteiger partial charge in [0.25, 0.3) is 0 Å². The third-order valence-corrected chi connectivity index (χ3v) is 4.26. The summed E-state index contributed by atoms with van der Waals surface area (Å²) in [7, 11) is 0. The molecule has 2 aromatic rings. The van der Waals surface area contributed by atoms with Gasteiger partial charge in [-0.15, -0.1) is 0 Å². The van der Waals surface area contributed by atoms with Crippen molar-refractivity contribution in [2.24, 2.45) is 5.73 Å². The minimum absolute atomic E-state index is 0.650. The Kier molecular flexibility index (Phi) is 12.1. The quantitative estimate of drug-likeness (QED) is 0.170. The van der Waals surface area contributed by atoms with Gasteiger partial charge in [0, 0.05) is 71.3 Å². The maximum Gasteiger partial charge on any atom is 0.0546 e. The first-order valence-electron chi connectivity index (χ1n) is 10.4. The van der Waals surface area contributed by atoms with E-state index < -0.39 is 0 Å². The SMILES string of the molecule is Cc1cccc(CNCCNCCNCc2cccc(CNCNCCN)n2)n1. The topological polar surface area (TPSA) is 112 Å². The van der Waals surface area contributed by atoms with Crippen LogP contribution in [0.15, 0.2) is 36.4 Å². The molecule has 8 nitrogen and oxygen atoms in total. The van der Waals surface area contributed by atoms with E-state index in [0.29, 0.717) is 6.54 Å². The Labute approximate surface area is 174 Å². The van der Waals surface area contributed by atoms with Crippen LogP contribution in [-0.2, 0) is 19.6 Å². The summed E-state index contributed by atoms with van der Waals surface area (Å²) in [5.74, 6) is 0. The zero-order valence-corrected chi connectivity index (χ0v) is 17.5. The molecule has 0 spiro atoms.